The quantitative estimate of drug-likeness (QED) is 0.377. The van der Waals surface area contributed by atoms with Crippen LogP contribution in [0, 0.1) is 18.8 Å². The van der Waals surface area contributed by atoms with Gasteiger partial charge in [0, 0.05) is 23.7 Å². The number of fused-ring (bicyclic) bond motifs is 1. The number of aromatic nitrogens is 2. The fourth-order valence-corrected chi connectivity index (χ4v) is 5.04. The Labute approximate surface area is 192 Å². The number of amides is 1. The zero-order chi connectivity index (χ0) is 21.9. The van der Waals surface area contributed by atoms with Gasteiger partial charge < -0.3 is 4.90 Å². The van der Waals surface area contributed by atoms with E-state index in [9.17, 15) is 4.79 Å². The molecule has 4 nitrogen and oxygen atoms in total. The molecule has 0 saturated carbocycles. The normalized spacial score (nSPS) is 15.9. The lowest BCUT2D eigenvalue weighted by atomic mass is 10.0. The lowest BCUT2D eigenvalue weighted by molar-refractivity contribution is 0.0668. The Morgan fingerprint density at radius 3 is 2.78 bits per heavy atom. The summed E-state index contributed by atoms with van der Waals surface area (Å²) >= 11 is 1.57. The Balaban J connectivity index is 1.44. The van der Waals surface area contributed by atoms with Crippen molar-refractivity contribution in [3.63, 3.8) is 0 Å². The van der Waals surface area contributed by atoms with Crippen LogP contribution >= 0.6 is 11.3 Å². The molecule has 32 heavy (non-hydrogen) atoms. The lowest BCUT2D eigenvalue weighted by Crippen LogP contribution is -2.43. The fourth-order valence-electron chi connectivity index (χ4n) is 4.12. The van der Waals surface area contributed by atoms with Crippen LogP contribution < -0.4 is 0 Å². The van der Waals surface area contributed by atoms with Gasteiger partial charge in [-0.3, -0.25) is 9.78 Å². The van der Waals surface area contributed by atoms with E-state index in [0.717, 1.165) is 51.2 Å². The van der Waals surface area contributed by atoms with Gasteiger partial charge in [-0.05, 0) is 43.9 Å². The topological polar surface area (TPSA) is 46.1 Å². The molecule has 1 unspecified atom stereocenters. The Kier molecular flexibility index (Phi) is 5.70. The van der Waals surface area contributed by atoms with Crippen molar-refractivity contribution in [2.45, 2.75) is 32.2 Å². The number of piperidine rings is 1. The second kappa shape index (κ2) is 8.94. The van der Waals surface area contributed by atoms with E-state index < -0.39 is 0 Å². The maximum Gasteiger partial charge on any atom is 0.274 e. The second-order valence-electron chi connectivity index (χ2n) is 7.97. The average molecular weight is 438 g/mol. The molecule has 0 aliphatic carbocycles. The Morgan fingerprint density at radius 1 is 1.09 bits per heavy atom. The zero-order valence-corrected chi connectivity index (χ0v) is 18.7. The molecule has 3 heterocycles. The maximum atomic E-state index is 13.6. The second-order valence-corrected chi connectivity index (χ2v) is 9.18. The number of carbonyl (C=O) groups is 1. The van der Waals surface area contributed by atoms with Crippen molar-refractivity contribution >= 4 is 28.1 Å². The molecule has 0 N–H and O–H groups in total. The van der Waals surface area contributed by atoms with Crippen LogP contribution in [0.5, 0.6) is 0 Å². The van der Waals surface area contributed by atoms with Gasteiger partial charge in [0.2, 0.25) is 0 Å². The van der Waals surface area contributed by atoms with E-state index in [1.807, 2.05) is 72.6 Å². The largest absolute Gasteiger partial charge is 0.323 e. The van der Waals surface area contributed by atoms with Crippen LogP contribution in [0.2, 0.25) is 0 Å². The molecule has 1 atom stereocenters. The minimum Gasteiger partial charge on any atom is -0.323 e. The van der Waals surface area contributed by atoms with Crippen molar-refractivity contribution in [3.05, 3.63) is 83.1 Å². The van der Waals surface area contributed by atoms with Crippen LogP contribution in [0.3, 0.4) is 0 Å². The predicted molar refractivity (Wildman–Crippen MR) is 130 cm³/mol. The highest BCUT2D eigenvalue weighted by atomic mass is 32.1. The van der Waals surface area contributed by atoms with E-state index in [1.165, 1.54) is 0 Å². The van der Waals surface area contributed by atoms with Gasteiger partial charge in [-0.15, -0.1) is 11.3 Å². The Hall–Kier alpha value is -3.49. The van der Waals surface area contributed by atoms with E-state index in [2.05, 4.69) is 27.9 Å². The summed E-state index contributed by atoms with van der Waals surface area (Å²) in [5.41, 5.74) is 3.40. The fraction of sp³-hybridized carbons (Fsp3) is 0.222. The highest BCUT2D eigenvalue weighted by Crippen LogP contribution is 2.32. The molecule has 2 aromatic heterocycles. The van der Waals surface area contributed by atoms with Gasteiger partial charge in [-0.2, -0.15) is 0 Å². The molecule has 5 rings (SSSR count). The van der Waals surface area contributed by atoms with Crippen LogP contribution in [0.15, 0.2) is 66.9 Å². The third kappa shape index (κ3) is 4.15. The summed E-state index contributed by atoms with van der Waals surface area (Å²) < 4.78 is 0. The molecule has 1 saturated heterocycles. The lowest BCUT2D eigenvalue weighted by Gasteiger charge is -2.32. The van der Waals surface area contributed by atoms with E-state index in [1.54, 1.807) is 11.3 Å². The van der Waals surface area contributed by atoms with E-state index in [0.29, 0.717) is 12.2 Å². The van der Waals surface area contributed by atoms with E-state index >= 15 is 0 Å². The van der Waals surface area contributed by atoms with Crippen LogP contribution in [0.4, 0.5) is 0 Å². The number of hydrogen-bond donors (Lipinski definition) is 0. The molecular formula is C27H23N3OS. The number of nitrogens with zero attached hydrogens (tertiary/aromatic N) is 3. The van der Waals surface area contributed by atoms with Gasteiger partial charge >= 0.3 is 0 Å². The summed E-state index contributed by atoms with van der Waals surface area (Å²) in [6, 6.07) is 20.0. The highest BCUT2D eigenvalue weighted by molar-refractivity contribution is 7.15. The molecule has 158 valence electrons. The molecule has 1 aliphatic heterocycles. The molecule has 4 aromatic rings. The molecular weight excluding hydrogens is 414 g/mol. The van der Waals surface area contributed by atoms with Gasteiger partial charge in [0.05, 0.1) is 21.4 Å². The van der Waals surface area contributed by atoms with Crippen molar-refractivity contribution in [1.29, 1.82) is 0 Å². The molecule has 1 amide bonds. The minimum absolute atomic E-state index is 0.0242. The number of pyridine rings is 1. The summed E-state index contributed by atoms with van der Waals surface area (Å²) in [7, 11) is 0. The van der Waals surface area contributed by atoms with Gasteiger partial charge in [-0.25, -0.2) is 4.98 Å². The molecule has 0 radical (unpaired) electrons. The van der Waals surface area contributed by atoms with E-state index in [4.69, 9.17) is 0 Å². The summed E-state index contributed by atoms with van der Waals surface area (Å²) in [6.45, 7) is 2.66. The van der Waals surface area contributed by atoms with E-state index in [-0.39, 0.29) is 11.9 Å². The first kappa shape index (κ1) is 20.4. The molecule has 0 bridgehead atoms. The number of benzene rings is 2. The summed E-state index contributed by atoms with van der Waals surface area (Å²) in [4.78, 5) is 25.6. The van der Waals surface area contributed by atoms with Crippen LogP contribution in [0.1, 0.15) is 40.3 Å². The smallest absolute Gasteiger partial charge is 0.274 e. The third-order valence-corrected chi connectivity index (χ3v) is 6.73. The number of rotatable bonds is 2. The molecule has 1 fully saturated rings. The van der Waals surface area contributed by atoms with Crippen molar-refractivity contribution in [1.82, 2.24) is 14.9 Å². The SMILES string of the molecule is Cc1nc(C(=O)N2CCCCC2C#Cc2cnc3ccccc3c2)c(-c2ccccc2)s1. The van der Waals surface area contributed by atoms with Crippen LogP contribution in [0.25, 0.3) is 21.3 Å². The summed E-state index contributed by atoms with van der Waals surface area (Å²) in [5.74, 6) is 6.61. The monoisotopic (exact) mass is 437 g/mol. The van der Waals surface area contributed by atoms with Crippen molar-refractivity contribution < 1.29 is 4.79 Å². The number of carbonyl (C=O) groups excluding carboxylic acids is 1. The highest BCUT2D eigenvalue weighted by Gasteiger charge is 2.30. The first-order valence-electron chi connectivity index (χ1n) is 10.9. The summed E-state index contributed by atoms with van der Waals surface area (Å²) in [5, 5.41) is 1.97. The summed E-state index contributed by atoms with van der Waals surface area (Å²) in [6.07, 6.45) is 4.75. The number of para-hydroxylation sites is 1. The zero-order valence-electron chi connectivity index (χ0n) is 17.9. The third-order valence-electron chi connectivity index (χ3n) is 5.71. The van der Waals surface area contributed by atoms with Crippen molar-refractivity contribution in [3.8, 4) is 22.3 Å². The number of likely N-dealkylation sites (tertiary alicyclic amines) is 1. The Morgan fingerprint density at radius 2 is 1.91 bits per heavy atom. The molecule has 0 spiro atoms. The van der Waals surface area contributed by atoms with Crippen LogP contribution in [-0.4, -0.2) is 33.4 Å². The number of thiazole rings is 1. The number of aryl methyl sites for hydroxylation is 1. The van der Waals surface area contributed by atoms with Gasteiger partial charge in [0.15, 0.2) is 0 Å². The Bertz CT molecular complexity index is 1330. The van der Waals surface area contributed by atoms with Crippen LogP contribution in [-0.2, 0) is 0 Å². The van der Waals surface area contributed by atoms with Gasteiger partial charge in [0.1, 0.15) is 5.69 Å². The first-order chi connectivity index (χ1) is 15.7. The number of hydrogen-bond acceptors (Lipinski definition) is 4. The standard InChI is InChI=1S/C27H23N3OS/c1-19-29-25(26(32-19)21-9-3-2-4-10-21)27(31)30-16-8-7-12-23(30)15-14-20-17-22-11-5-6-13-24(22)28-18-20/h2-6,9-11,13,17-18,23H,7-8,12,16H2,1H3. The van der Waals surface area contributed by atoms with Gasteiger partial charge in [-0.1, -0.05) is 60.4 Å². The first-order valence-corrected chi connectivity index (χ1v) is 11.7. The molecule has 5 heteroatoms. The minimum atomic E-state index is -0.117. The van der Waals surface area contributed by atoms with Gasteiger partial charge in [0.25, 0.3) is 5.91 Å². The average Bonchev–Trinajstić information content (AvgIpc) is 3.24. The predicted octanol–water partition coefficient (Wildman–Crippen LogP) is 5.71. The molecule has 1 aliphatic rings. The maximum absolute atomic E-state index is 13.6. The molecule has 2 aromatic carbocycles. The van der Waals surface area contributed by atoms with Crippen molar-refractivity contribution in [2.24, 2.45) is 0 Å². The van der Waals surface area contributed by atoms with Crippen molar-refractivity contribution in [2.75, 3.05) is 6.54 Å².